The van der Waals surface area contributed by atoms with Crippen LogP contribution >= 0.6 is 0 Å². The second-order valence-electron chi connectivity index (χ2n) is 4.36. The maximum Gasteiger partial charge on any atom is 0.227 e. The van der Waals surface area contributed by atoms with E-state index in [4.69, 9.17) is 4.74 Å². The van der Waals surface area contributed by atoms with Crippen LogP contribution in [0.4, 0.5) is 0 Å². The third kappa shape index (κ3) is 3.23. The minimum atomic E-state index is 0.164. The number of hydrogen-bond acceptors (Lipinski definition) is 3. The monoisotopic (exact) mass is 248 g/mol. The number of likely N-dealkylation sites (N-methyl/N-ethyl adjacent to an activating group) is 1. The molecule has 1 amide bonds. The van der Waals surface area contributed by atoms with Crippen molar-refractivity contribution in [3.05, 3.63) is 29.8 Å². The molecule has 1 heterocycles. The molecule has 1 aliphatic rings. The molecule has 2 rings (SSSR count). The highest BCUT2D eigenvalue weighted by molar-refractivity contribution is 5.79. The molecule has 4 heteroatoms. The summed E-state index contributed by atoms with van der Waals surface area (Å²) in [6, 6.07) is 7.78. The minimum Gasteiger partial charge on any atom is -0.492 e. The Morgan fingerprint density at radius 3 is 3.00 bits per heavy atom. The van der Waals surface area contributed by atoms with Crippen LogP contribution in [0.2, 0.25) is 0 Å². The molecule has 0 aromatic heterocycles. The predicted molar refractivity (Wildman–Crippen MR) is 70.8 cm³/mol. The maximum atomic E-state index is 12.2. The number of para-hydroxylation sites is 1. The molecule has 1 aromatic rings. The topological polar surface area (TPSA) is 41.6 Å². The van der Waals surface area contributed by atoms with Gasteiger partial charge in [0.2, 0.25) is 5.91 Å². The van der Waals surface area contributed by atoms with Gasteiger partial charge < -0.3 is 15.0 Å². The lowest BCUT2D eigenvalue weighted by Crippen LogP contribution is -2.37. The van der Waals surface area contributed by atoms with E-state index in [1.807, 2.05) is 36.1 Å². The zero-order valence-corrected chi connectivity index (χ0v) is 10.8. The summed E-state index contributed by atoms with van der Waals surface area (Å²) in [7, 11) is 0. The number of carbonyl (C=O) groups is 1. The summed E-state index contributed by atoms with van der Waals surface area (Å²) < 4.78 is 5.70. The summed E-state index contributed by atoms with van der Waals surface area (Å²) >= 11 is 0. The number of ether oxygens (including phenoxy) is 1. The molecule has 98 valence electrons. The number of nitrogens with one attached hydrogen (secondary N) is 1. The Bertz CT molecular complexity index is 407. The van der Waals surface area contributed by atoms with Gasteiger partial charge in [0.1, 0.15) is 12.4 Å². The number of amides is 1. The van der Waals surface area contributed by atoms with Gasteiger partial charge in [0.25, 0.3) is 0 Å². The van der Waals surface area contributed by atoms with E-state index < -0.39 is 0 Å². The number of carbonyl (C=O) groups excluding carboxylic acids is 1. The van der Waals surface area contributed by atoms with Gasteiger partial charge in [-0.25, -0.2) is 0 Å². The number of nitrogens with zero attached hydrogens (tertiary/aromatic N) is 1. The molecule has 0 unspecified atom stereocenters. The third-order valence-electron chi connectivity index (χ3n) is 3.14. The predicted octanol–water partition coefficient (Wildman–Crippen LogP) is 1.06. The Hall–Kier alpha value is -1.55. The molecule has 0 atom stereocenters. The van der Waals surface area contributed by atoms with Gasteiger partial charge in [-0.05, 0) is 13.0 Å². The van der Waals surface area contributed by atoms with Crippen molar-refractivity contribution < 1.29 is 9.53 Å². The van der Waals surface area contributed by atoms with E-state index in [9.17, 15) is 4.79 Å². The van der Waals surface area contributed by atoms with Crippen LogP contribution in [0, 0.1) is 0 Å². The molecular weight excluding hydrogens is 228 g/mol. The summed E-state index contributed by atoms with van der Waals surface area (Å²) in [6.07, 6.45) is 0.421. The maximum absolute atomic E-state index is 12.2. The van der Waals surface area contributed by atoms with Gasteiger partial charge in [0, 0.05) is 31.7 Å². The molecule has 1 N–H and O–H groups in total. The molecule has 0 fully saturated rings. The van der Waals surface area contributed by atoms with Gasteiger partial charge in [0.15, 0.2) is 0 Å². The summed E-state index contributed by atoms with van der Waals surface area (Å²) in [6.45, 7) is 5.79. The van der Waals surface area contributed by atoms with Gasteiger partial charge in [-0.2, -0.15) is 0 Å². The first-order chi connectivity index (χ1) is 8.81. The van der Waals surface area contributed by atoms with Crippen LogP contribution in [0.25, 0.3) is 0 Å². The van der Waals surface area contributed by atoms with Crippen LogP contribution in [-0.4, -0.2) is 43.6 Å². The lowest BCUT2D eigenvalue weighted by Gasteiger charge is -2.20. The minimum absolute atomic E-state index is 0.164. The van der Waals surface area contributed by atoms with E-state index in [-0.39, 0.29) is 5.91 Å². The van der Waals surface area contributed by atoms with Crippen LogP contribution in [-0.2, 0) is 11.2 Å². The lowest BCUT2D eigenvalue weighted by atomic mass is 10.1. The molecule has 0 radical (unpaired) electrons. The van der Waals surface area contributed by atoms with E-state index in [0.29, 0.717) is 13.0 Å². The first-order valence-corrected chi connectivity index (χ1v) is 6.50. The summed E-state index contributed by atoms with van der Waals surface area (Å²) in [5, 5.41) is 3.28. The molecule has 0 bridgehead atoms. The van der Waals surface area contributed by atoms with Gasteiger partial charge in [0.05, 0.1) is 6.42 Å². The van der Waals surface area contributed by atoms with Crippen molar-refractivity contribution in [3.63, 3.8) is 0 Å². The highest BCUT2D eigenvalue weighted by Gasteiger charge is 2.15. The van der Waals surface area contributed by atoms with Gasteiger partial charge in [-0.15, -0.1) is 0 Å². The molecule has 1 aromatic carbocycles. The molecule has 18 heavy (non-hydrogen) atoms. The number of rotatable bonds is 1. The van der Waals surface area contributed by atoms with Gasteiger partial charge in [-0.1, -0.05) is 18.2 Å². The molecular formula is C14H20N2O2. The zero-order chi connectivity index (χ0) is 12.8. The Balaban J connectivity index is 2.18. The largest absolute Gasteiger partial charge is 0.492 e. The Morgan fingerprint density at radius 2 is 2.17 bits per heavy atom. The summed E-state index contributed by atoms with van der Waals surface area (Å²) in [4.78, 5) is 14.1. The van der Waals surface area contributed by atoms with E-state index in [2.05, 4.69) is 5.32 Å². The van der Waals surface area contributed by atoms with Crippen molar-refractivity contribution in [2.75, 3.05) is 32.8 Å². The average Bonchev–Trinajstić information content (AvgIpc) is 2.42. The molecule has 4 nitrogen and oxygen atoms in total. The normalized spacial score (nSPS) is 17.6. The second kappa shape index (κ2) is 6.40. The zero-order valence-electron chi connectivity index (χ0n) is 10.8. The van der Waals surface area contributed by atoms with Crippen LogP contribution in [0.5, 0.6) is 5.75 Å². The fourth-order valence-electron chi connectivity index (χ4n) is 2.10. The van der Waals surface area contributed by atoms with E-state index in [1.54, 1.807) is 0 Å². The first kappa shape index (κ1) is 12.9. The standard InChI is InChI=1S/C14H20N2O2/c1-2-16-9-7-15-8-10-18-13-6-4-3-5-12(13)11-14(16)17/h3-6,15H,2,7-11H2,1H3. The van der Waals surface area contributed by atoms with Crippen molar-refractivity contribution in [2.45, 2.75) is 13.3 Å². The van der Waals surface area contributed by atoms with Crippen molar-refractivity contribution >= 4 is 5.91 Å². The highest BCUT2D eigenvalue weighted by Crippen LogP contribution is 2.19. The fraction of sp³-hybridized carbons (Fsp3) is 0.500. The number of benzene rings is 1. The highest BCUT2D eigenvalue weighted by atomic mass is 16.5. The Kier molecular flexibility index (Phi) is 4.59. The van der Waals surface area contributed by atoms with Gasteiger partial charge in [-0.3, -0.25) is 4.79 Å². The summed E-state index contributed by atoms with van der Waals surface area (Å²) in [5.41, 5.74) is 0.975. The van der Waals surface area contributed by atoms with E-state index in [1.165, 1.54) is 0 Å². The molecule has 0 saturated carbocycles. The first-order valence-electron chi connectivity index (χ1n) is 6.50. The van der Waals surface area contributed by atoms with Crippen molar-refractivity contribution in [1.82, 2.24) is 10.2 Å². The second-order valence-corrected chi connectivity index (χ2v) is 4.36. The van der Waals surface area contributed by atoms with Crippen LogP contribution in [0.1, 0.15) is 12.5 Å². The molecule has 0 saturated heterocycles. The van der Waals surface area contributed by atoms with Gasteiger partial charge >= 0.3 is 0 Å². The van der Waals surface area contributed by atoms with Crippen LogP contribution in [0.3, 0.4) is 0 Å². The SMILES string of the molecule is CCN1CCNCCOc2ccccc2CC1=O. The number of fused-ring (bicyclic) bond motifs is 1. The summed E-state index contributed by atoms with van der Waals surface area (Å²) in [5.74, 6) is 0.989. The molecule has 1 aliphatic heterocycles. The lowest BCUT2D eigenvalue weighted by molar-refractivity contribution is -0.130. The molecule has 0 aliphatic carbocycles. The molecule has 0 spiro atoms. The smallest absolute Gasteiger partial charge is 0.227 e. The van der Waals surface area contributed by atoms with Crippen molar-refractivity contribution in [2.24, 2.45) is 0 Å². The third-order valence-corrected chi connectivity index (χ3v) is 3.14. The van der Waals surface area contributed by atoms with Crippen LogP contribution in [0.15, 0.2) is 24.3 Å². The van der Waals surface area contributed by atoms with E-state index >= 15 is 0 Å². The van der Waals surface area contributed by atoms with Crippen LogP contribution < -0.4 is 10.1 Å². The number of hydrogen-bond donors (Lipinski definition) is 1. The average molecular weight is 248 g/mol. The fourth-order valence-corrected chi connectivity index (χ4v) is 2.10. The Morgan fingerprint density at radius 1 is 1.33 bits per heavy atom. The quantitative estimate of drug-likeness (QED) is 0.808. The van der Waals surface area contributed by atoms with Crippen molar-refractivity contribution in [1.29, 1.82) is 0 Å². The Labute approximate surface area is 108 Å². The van der Waals surface area contributed by atoms with Crippen molar-refractivity contribution in [3.8, 4) is 5.75 Å². The van der Waals surface area contributed by atoms with E-state index in [0.717, 1.165) is 37.5 Å².